The fourth-order valence-electron chi connectivity index (χ4n) is 3.14. The van der Waals surface area contributed by atoms with Crippen molar-refractivity contribution >= 4 is 47.7 Å². The molecular weight excluding hydrogens is 408 g/mol. The second-order valence-corrected chi connectivity index (χ2v) is 8.33. The topological polar surface area (TPSA) is 59.0 Å². The molecule has 3 aromatic rings. The second-order valence-electron chi connectivity index (χ2n) is 6.32. The van der Waals surface area contributed by atoms with Gasteiger partial charge in [0.05, 0.1) is 12.6 Å². The van der Waals surface area contributed by atoms with Gasteiger partial charge in [0.15, 0.2) is 6.04 Å². The predicted molar refractivity (Wildman–Crippen MR) is 103 cm³/mol. The van der Waals surface area contributed by atoms with Crippen molar-refractivity contribution in [3.63, 3.8) is 0 Å². The van der Waals surface area contributed by atoms with Gasteiger partial charge in [-0.15, -0.1) is 22.7 Å². The molecule has 28 heavy (non-hydrogen) atoms. The number of halogens is 3. The van der Waals surface area contributed by atoms with Crippen LogP contribution < -0.4 is 16.1 Å². The van der Waals surface area contributed by atoms with Crippen molar-refractivity contribution < 1.29 is 18.0 Å². The quantitative estimate of drug-likeness (QED) is 0.634. The molecule has 3 aromatic heterocycles. The number of alkyl halides is 3. The Balaban J connectivity index is 1.65. The Hall–Kier alpha value is -2.27. The molecule has 1 aliphatic rings. The summed E-state index contributed by atoms with van der Waals surface area (Å²) in [5, 5.41) is 13.3. The first-order valence-corrected chi connectivity index (χ1v) is 10.2. The minimum Gasteiger partial charge on any atom is -0.363 e. The van der Waals surface area contributed by atoms with Crippen LogP contribution in [0.1, 0.15) is 38.7 Å². The highest BCUT2D eigenvalue weighted by Gasteiger charge is 2.47. The van der Waals surface area contributed by atoms with Gasteiger partial charge in [-0.3, -0.25) is 4.79 Å². The van der Waals surface area contributed by atoms with Crippen molar-refractivity contribution in [1.29, 1.82) is 0 Å². The van der Waals surface area contributed by atoms with Crippen molar-refractivity contribution in [3.05, 3.63) is 50.5 Å². The number of carbonyl (C=O) groups excluding carboxylic acids is 1. The van der Waals surface area contributed by atoms with Gasteiger partial charge in [-0.1, -0.05) is 12.1 Å². The van der Waals surface area contributed by atoms with E-state index in [0.29, 0.717) is 0 Å². The predicted octanol–water partition coefficient (Wildman–Crippen LogP) is 3.39. The third kappa shape index (κ3) is 3.56. The van der Waals surface area contributed by atoms with E-state index in [-0.39, 0.29) is 29.9 Å². The van der Waals surface area contributed by atoms with Gasteiger partial charge in [-0.25, -0.2) is 4.68 Å². The highest BCUT2D eigenvalue weighted by atomic mass is 32.1. The zero-order chi connectivity index (χ0) is 19.9. The number of rotatable bonds is 4. The molecule has 0 saturated heterocycles. The number of nitrogens with one attached hydrogen (secondary N) is 2. The van der Waals surface area contributed by atoms with Crippen LogP contribution in [0.25, 0.3) is 0 Å². The highest BCUT2D eigenvalue weighted by molar-refractivity contribution is 7.10. The van der Waals surface area contributed by atoms with Gasteiger partial charge < -0.3 is 10.6 Å². The van der Waals surface area contributed by atoms with Gasteiger partial charge in [-0.05, 0) is 28.4 Å². The number of nitrogens with zero attached hydrogens (tertiary/aromatic N) is 2. The number of hydrogen-bond acceptors (Lipinski definition) is 5. The van der Waals surface area contributed by atoms with Crippen molar-refractivity contribution in [2.45, 2.75) is 31.2 Å². The van der Waals surface area contributed by atoms with E-state index in [1.165, 1.54) is 22.7 Å². The molecular formula is C17H14BF3N4OS2. The maximum absolute atomic E-state index is 13.7. The normalized spacial score (nSPS) is 19.1. The maximum Gasteiger partial charge on any atom is 0.410 e. The molecule has 11 heteroatoms. The minimum atomic E-state index is -4.52. The van der Waals surface area contributed by atoms with Gasteiger partial charge in [-0.2, -0.15) is 18.3 Å². The van der Waals surface area contributed by atoms with Gasteiger partial charge in [0.25, 0.3) is 5.91 Å². The molecule has 0 bridgehead atoms. The van der Waals surface area contributed by atoms with E-state index >= 15 is 0 Å². The highest BCUT2D eigenvalue weighted by Crippen LogP contribution is 2.43. The molecule has 0 aliphatic carbocycles. The van der Waals surface area contributed by atoms with E-state index in [2.05, 4.69) is 15.7 Å². The molecule has 0 saturated carbocycles. The average Bonchev–Trinajstić information content (AvgIpc) is 3.40. The summed E-state index contributed by atoms with van der Waals surface area (Å²) in [7, 11) is 6.03. The Morgan fingerprint density at radius 3 is 2.71 bits per heavy atom. The summed E-state index contributed by atoms with van der Waals surface area (Å²) in [6, 6.07) is 4.82. The molecule has 2 atom stereocenters. The van der Waals surface area contributed by atoms with Crippen LogP contribution in [-0.4, -0.2) is 29.7 Å². The van der Waals surface area contributed by atoms with E-state index in [1.807, 2.05) is 17.5 Å². The lowest BCUT2D eigenvalue weighted by atomic mass is 9.93. The fourth-order valence-corrected chi connectivity index (χ4v) is 4.58. The van der Waals surface area contributed by atoms with Crippen LogP contribution in [0.2, 0.25) is 0 Å². The van der Waals surface area contributed by atoms with Crippen LogP contribution in [0.15, 0.2) is 35.0 Å². The number of amides is 1. The van der Waals surface area contributed by atoms with Crippen LogP contribution in [0.5, 0.6) is 0 Å². The van der Waals surface area contributed by atoms with E-state index < -0.39 is 24.2 Å². The molecule has 0 spiro atoms. The average molecular weight is 422 g/mol. The van der Waals surface area contributed by atoms with Gasteiger partial charge in [0.1, 0.15) is 19.4 Å². The summed E-state index contributed by atoms with van der Waals surface area (Å²) >= 11 is 2.83. The summed E-state index contributed by atoms with van der Waals surface area (Å²) in [6.45, 7) is 0.256. The second kappa shape index (κ2) is 7.29. The third-order valence-electron chi connectivity index (χ3n) is 4.50. The molecule has 1 aliphatic heterocycles. The molecule has 1 amide bonds. The number of aromatic nitrogens is 2. The molecule has 0 aromatic carbocycles. The molecule has 144 valence electrons. The van der Waals surface area contributed by atoms with Gasteiger partial charge in [0, 0.05) is 16.2 Å². The number of carbonyl (C=O) groups is 1. The van der Waals surface area contributed by atoms with Gasteiger partial charge in [0.2, 0.25) is 0 Å². The van der Waals surface area contributed by atoms with Crippen molar-refractivity contribution in [1.82, 2.24) is 15.1 Å². The first kappa shape index (κ1) is 19.1. The lowest BCUT2D eigenvalue weighted by Crippen LogP contribution is -2.36. The zero-order valence-corrected chi connectivity index (χ0v) is 16.0. The van der Waals surface area contributed by atoms with E-state index in [1.54, 1.807) is 17.5 Å². The molecule has 4 heterocycles. The third-order valence-corrected chi connectivity index (χ3v) is 6.36. The van der Waals surface area contributed by atoms with Crippen LogP contribution in [0.3, 0.4) is 0 Å². The Morgan fingerprint density at radius 2 is 2.07 bits per heavy atom. The first-order valence-electron chi connectivity index (χ1n) is 8.40. The fraction of sp³-hybridized carbons (Fsp3) is 0.294. The van der Waals surface area contributed by atoms with Crippen molar-refractivity contribution in [2.75, 3.05) is 5.32 Å². The summed E-state index contributed by atoms with van der Waals surface area (Å²) in [5.74, 6) is -0.587. The van der Waals surface area contributed by atoms with Crippen molar-refractivity contribution in [2.24, 2.45) is 0 Å². The molecule has 4 rings (SSSR count). The SMILES string of the molecule is [B]c1c(C(=O)NCc2cccs2)nn2c1N[C@H](c1cccs1)C[C@@H]2C(F)(F)F. The summed E-state index contributed by atoms with van der Waals surface area (Å²) in [6.07, 6.45) is -4.75. The Morgan fingerprint density at radius 1 is 1.32 bits per heavy atom. The lowest BCUT2D eigenvalue weighted by Gasteiger charge is -2.33. The number of fused-ring (bicyclic) bond motifs is 1. The summed E-state index contributed by atoms with van der Waals surface area (Å²) in [5.41, 5.74) is -0.292. The molecule has 2 radical (unpaired) electrons. The maximum atomic E-state index is 13.7. The molecule has 0 unspecified atom stereocenters. The Labute approximate surface area is 168 Å². The summed E-state index contributed by atoms with van der Waals surface area (Å²) in [4.78, 5) is 14.2. The molecule has 5 nitrogen and oxygen atoms in total. The van der Waals surface area contributed by atoms with Crippen LogP contribution in [-0.2, 0) is 6.54 Å². The zero-order valence-electron chi connectivity index (χ0n) is 14.4. The van der Waals surface area contributed by atoms with Crippen molar-refractivity contribution in [3.8, 4) is 0 Å². The standard InChI is InChI=1S/C17H14BF3N4OS2/c18-13-14(16(26)22-8-9-3-1-5-27-9)24-25-12(17(19,20)21)7-10(23-15(13)25)11-4-2-6-28-11/h1-6,10,12,23H,7-8H2,(H,22,26)/t10-,12+/m0/s1. The minimum absolute atomic E-state index is 0.0215. The Kier molecular flexibility index (Phi) is 4.96. The molecule has 0 fully saturated rings. The number of anilines is 1. The van der Waals surface area contributed by atoms with Crippen LogP contribution in [0, 0.1) is 0 Å². The van der Waals surface area contributed by atoms with Gasteiger partial charge >= 0.3 is 6.18 Å². The van der Waals surface area contributed by atoms with Crippen LogP contribution >= 0.6 is 22.7 Å². The molecule has 2 N–H and O–H groups in total. The lowest BCUT2D eigenvalue weighted by molar-refractivity contribution is -0.173. The Bertz CT molecular complexity index is 970. The number of hydrogen-bond donors (Lipinski definition) is 2. The van der Waals surface area contributed by atoms with E-state index in [9.17, 15) is 18.0 Å². The largest absolute Gasteiger partial charge is 0.410 e. The van der Waals surface area contributed by atoms with E-state index in [0.717, 1.165) is 14.4 Å². The smallest absolute Gasteiger partial charge is 0.363 e. The number of thiophene rings is 2. The summed E-state index contributed by atoms with van der Waals surface area (Å²) < 4.78 is 41.8. The van der Waals surface area contributed by atoms with E-state index in [4.69, 9.17) is 7.85 Å². The van der Waals surface area contributed by atoms with Crippen LogP contribution in [0.4, 0.5) is 19.0 Å². The first-order chi connectivity index (χ1) is 13.3. The monoisotopic (exact) mass is 422 g/mol.